The maximum atomic E-state index is 13.0. The number of anilines is 1. The van der Waals surface area contributed by atoms with Crippen molar-refractivity contribution in [2.24, 2.45) is 0 Å². The summed E-state index contributed by atoms with van der Waals surface area (Å²) in [7, 11) is 0. The highest BCUT2D eigenvalue weighted by atomic mass is 19.4. The van der Waals surface area contributed by atoms with Gasteiger partial charge in [0.05, 0.1) is 0 Å². The van der Waals surface area contributed by atoms with Gasteiger partial charge in [-0.15, -0.1) is 0 Å². The number of carbonyl (C=O) groups is 1. The number of carbonyl (C=O) groups excluding carboxylic acids is 1. The molecule has 0 aliphatic rings. The van der Waals surface area contributed by atoms with Gasteiger partial charge in [0, 0.05) is 5.69 Å². The van der Waals surface area contributed by atoms with Crippen LogP contribution in [0.25, 0.3) is 21.5 Å². The van der Waals surface area contributed by atoms with Crippen molar-refractivity contribution in [2.45, 2.75) is 12.1 Å². The van der Waals surface area contributed by atoms with E-state index in [4.69, 9.17) is 0 Å². The summed E-state index contributed by atoms with van der Waals surface area (Å²) in [5.41, 5.74) is -0.133. The van der Waals surface area contributed by atoms with E-state index in [1.807, 2.05) is 30.3 Å². The van der Waals surface area contributed by atoms with E-state index in [-0.39, 0.29) is 5.69 Å². The number of amides is 1. The van der Waals surface area contributed by atoms with Gasteiger partial charge >= 0.3 is 18.0 Å². The van der Waals surface area contributed by atoms with Crippen LogP contribution in [0.2, 0.25) is 0 Å². The standard InChI is InChI=1S/C17H10F5NO/c18-16(19,17(20,21)22)15(24)23-14-6-5-12-7-10-3-1-2-4-11(10)8-13(12)9-14/h1-9H,(H,23,24). The minimum absolute atomic E-state index is 0.133. The molecule has 1 N–H and O–H groups in total. The SMILES string of the molecule is O=C(Nc1ccc2cc3ccccc3cc2c1)C(F)(F)C(F)(F)F. The van der Waals surface area contributed by atoms with Crippen molar-refractivity contribution < 1.29 is 26.7 Å². The minimum Gasteiger partial charge on any atom is -0.321 e. The first-order valence-electron chi connectivity index (χ1n) is 6.87. The molecule has 3 aromatic carbocycles. The molecule has 0 saturated carbocycles. The summed E-state index contributed by atoms with van der Waals surface area (Å²) in [4.78, 5) is 11.2. The molecule has 0 aromatic heterocycles. The van der Waals surface area contributed by atoms with Crippen LogP contribution in [0.4, 0.5) is 27.6 Å². The van der Waals surface area contributed by atoms with Gasteiger partial charge in [0.1, 0.15) is 0 Å². The quantitative estimate of drug-likeness (QED) is 0.509. The molecule has 24 heavy (non-hydrogen) atoms. The molecule has 124 valence electrons. The normalized spacial score (nSPS) is 12.5. The Kier molecular flexibility index (Phi) is 3.66. The lowest BCUT2D eigenvalue weighted by Crippen LogP contribution is -2.47. The molecular weight excluding hydrogens is 329 g/mol. The van der Waals surface area contributed by atoms with Crippen LogP contribution >= 0.6 is 0 Å². The van der Waals surface area contributed by atoms with Crippen LogP contribution < -0.4 is 5.32 Å². The van der Waals surface area contributed by atoms with Gasteiger partial charge in [0.25, 0.3) is 0 Å². The third-order valence-corrected chi connectivity index (χ3v) is 3.60. The number of fused-ring (bicyclic) bond motifs is 2. The zero-order valence-electron chi connectivity index (χ0n) is 12.0. The van der Waals surface area contributed by atoms with Gasteiger partial charge in [-0.1, -0.05) is 30.3 Å². The molecule has 0 spiro atoms. The van der Waals surface area contributed by atoms with E-state index < -0.39 is 18.0 Å². The summed E-state index contributed by atoms with van der Waals surface area (Å²) >= 11 is 0. The summed E-state index contributed by atoms with van der Waals surface area (Å²) in [5, 5.41) is 4.85. The van der Waals surface area contributed by atoms with Crippen molar-refractivity contribution in [3.05, 3.63) is 54.6 Å². The number of halogens is 5. The van der Waals surface area contributed by atoms with Crippen molar-refractivity contribution in [1.29, 1.82) is 0 Å². The number of hydrogen-bond acceptors (Lipinski definition) is 1. The maximum absolute atomic E-state index is 13.0. The molecule has 7 heteroatoms. The van der Waals surface area contributed by atoms with E-state index >= 15 is 0 Å². The van der Waals surface area contributed by atoms with Crippen LogP contribution in [-0.2, 0) is 4.79 Å². The highest BCUT2D eigenvalue weighted by Gasteiger charge is 2.63. The Morgan fingerprint density at radius 3 is 1.88 bits per heavy atom. The van der Waals surface area contributed by atoms with Gasteiger partial charge in [0.15, 0.2) is 0 Å². The van der Waals surface area contributed by atoms with Crippen molar-refractivity contribution in [2.75, 3.05) is 5.32 Å². The monoisotopic (exact) mass is 339 g/mol. The van der Waals surface area contributed by atoms with E-state index in [1.54, 1.807) is 17.4 Å². The van der Waals surface area contributed by atoms with Crippen molar-refractivity contribution in [1.82, 2.24) is 0 Å². The largest absolute Gasteiger partial charge is 0.463 e. The Balaban J connectivity index is 1.96. The number of hydrogen-bond donors (Lipinski definition) is 1. The fourth-order valence-electron chi connectivity index (χ4n) is 2.36. The molecule has 0 radical (unpaired) electrons. The first-order chi connectivity index (χ1) is 11.2. The molecular formula is C17H10F5NO. The van der Waals surface area contributed by atoms with Gasteiger partial charge in [0.2, 0.25) is 0 Å². The number of benzene rings is 3. The molecule has 0 heterocycles. The summed E-state index contributed by atoms with van der Waals surface area (Å²) in [5.74, 6) is -7.86. The topological polar surface area (TPSA) is 29.1 Å². The molecule has 3 aromatic rings. The van der Waals surface area contributed by atoms with Crippen LogP contribution in [0.15, 0.2) is 54.6 Å². The Morgan fingerprint density at radius 1 is 0.750 bits per heavy atom. The molecule has 0 atom stereocenters. The third-order valence-electron chi connectivity index (χ3n) is 3.60. The van der Waals surface area contributed by atoms with Crippen molar-refractivity contribution in [3.63, 3.8) is 0 Å². The predicted molar refractivity (Wildman–Crippen MR) is 81.1 cm³/mol. The second kappa shape index (κ2) is 5.43. The molecule has 0 aliphatic heterocycles. The van der Waals surface area contributed by atoms with Gasteiger partial charge in [-0.3, -0.25) is 4.79 Å². The number of alkyl halides is 5. The molecule has 0 aliphatic carbocycles. The third kappa shape index (κ3) is 2.77. The van der Waals surface area contributed by atoms with Crippen LogP contribution in [0.5, 0.6) is 0 Å². The van der Waals surface area contributed by atoms with E-state index in [0.717, 1.165) is 16.2 Å². The van der Waals surface area contributed by atoms with Crippen LogP contribution in [0.1, 0.15) is 0 Å². The number of rotatable bonds is 2. The molecule has 0 unspecified atom stereocenters. The highest BCUT2D eigenvalue weighted by molar-refractivity contribution is 6.02. The first-order valence-corrected chi connectivity index (χ1v) is 6.87. The summed E-state index contributed by atoms with van der Waals surface area (Å²) in [6.45, 7) is 0. The minimum atomic E-state index is -5.94. The van der Waals surface area contributed by atoms with E-state index in [9.17, 15) is 26.7 Å². The average Bonchev–Trinajstić information content (AvgIpc) is 2.51. The molecule has 0 saturated heterocycles. The average molecular weight is 339 g/mol. The zero-order chi connectivity index (χ0) is 17.5. The molecule has 0 bridgehead atoms. The zero-order valence-corrected chi connectivity index (χ0v) is 12.0. The van der Waals surface area contributed by atoms with Gasteiger partial charge in [-0.25, -0.2) is 0 Å². The van der Waals surface area contributed by atoms with E-state index in [0.29, 0.717) is 5.39 Å². The molecule has 1 amide bonds. The lowest BCUT2D eigenvalue weighted by atomic mass is 10.0. The highest BCUT2D eigenvalue weighted by Crippen LogP contribution is 2.36. The van der Waals surface area contributed by atoms with Gasteiger partial charge < -0.3 is 5.32 Å². The smallest absolute Gasteiger partial charge is 0.321 e. The van der Waals surface area contributed by atoms with Crippen molar-refractivity contribution >= 4 is 33.1 Å². The Hall–Kier alpha value is -2.70. The maximum Gasteiger partial charge on any atom is 0.463 e. The summed E-state index contributed by atoms with van der Waals surface area (Å²) in [6.07, 6.45) is -5.94. The van der Waals surface area contributed by atoms with Crippen molar-refractivity contribution in [3.8, 4) is 0 Å². The predicted octanol–water partition coefficient (Wildman–Crippen LogP) is 5.13. The van der Waals surface area contributed by atoms with Crippen LogP contribution in [-0.4, -0.2) is 18.0 Å². The van der Waals surface area contributed by atoms with E-state index in [2.05, 4.69) is 0 Å². The van der Waals surface area contributed by atoms with Gasteiger partial charge in [-0.2, -0.15) is 22.0 Å². The number of nitrogens with one attached hydrogen (secondary N) is 1. The lowest BCUT2D eigenvalue weighted by Gasteiger charge is -2.18. The Labute approximate surface area is 132 Å². The second-order valence-electron chi connectivity index (χ2n) is 5.29. The second-order valence-corrected chi connectivity index (χ2v) is 5.29. The van der Waals surface area contributed by atoms with Crippen LogP contribution in [0, 0.1) is 0 Å². The van der Waals surface area contributed by atoms with E-state index in [1.165, 1.54) is 12.1 Å². The summed E-state index contributed by atoms with van der Waals surface area (Å²) in [6, 6.07) is 15.2. The fourth-order valence-corrected chi connectivity index (χ4v) is 2.36. The summed E-state index contributed by atoms with van der Waals surface area (Å²) < 4.78 is 62.6. The molecule has 3 rings (SSSR count). The Bertz CT molecular complexity index is 933. The van der Waals surface area contributed by atoms with Crippen LogP contribution in [0.3, 0.4) is 0 Å². The Morgan fingerprint density at radius 2 is 1.29 bits per heavy atom. The lowest BCUT2D eigenvalue weighted by molar-refractivity contribution is -0.267. The molecule has 0 fully saturated rings. The fraction of sp³-hybridized carbons (Fsp3) is 0.118. The van der Waals surface area contributed by atoms with Gasteiger partial charge in [-0.05, 0) is 45.8 Å². The first kappa shape index (κ1) is 16.2. The molecule has 2 nitrogen and oxygen atoms in total.